The van der Waals surface area contributed by atoms with Crippen LogP contribution in [0.4, 0.5) is 8.78 Å². The van der Waals surface area contributed by atoms with E-state index in [-0.39, 0.29) is 5.56 Å². The summed E-state index contributed by atoms with van der Waals surface area (Å²) in [5.74, 6) is -0.615. The summed E-state index contributed by atoms with van der Waals surface area (Å²) in [7, 11) is -1.63. The second-order valence-electron chi connectivity index (χ2n) is 6.44. The third-order valence-electron chi connectivity index (χ3n) is 3.61. The van der Waals surface area contributed by atoms with Crippen LogP contribution < -0.4 is 4.72 Å². The van der Waals surface area contributed by atoms with Crippen LogP contribution in [0.5, 0.6) is 0 Å². The number of hydrogen-bond acceptors (Lipinski definition) is 2. The third-order valence-corrected chi connectivity index (χ3v) is 5.31. The predicted molar refractivity (Wildman–Crippen MR) is 81.4 cm³/mol. The standard InChI is InChI=1S/C15H23F2NO2S/c1-13(2,3)21(20)18-15(5,14(4,17)10-19)11-8-6-7-9-12(11)16/h6-9,18-19H,10H2,1-5H3. The summed E-state index contributed by atoms with van der Waals surface area (Å²) in [6.45, 7) is 6.93. The van der Waals surface area contributed by atoms with E-state index in [1.54, 1.807) is 26.8 Å². The van der Waals surface area contributed by atoms with Gasteiger partial charge in [0.1, 0.15) is 5.82 Å². The fraction of sp³-hybridized carbons (Fsp3) is 0.600. The van der Waals surface area contributed by atoms with E-state index in [0.29, 0.717) is 0 Å². The Morgan fingerprint density at radius 2 is 1.71 bits per heavy atom. The van der Waals surface area contributed by atoms with E-state index in [1.807, 2.05) is 0 Å². The number of alkyl halides is 1. The van der Waals surface area contributed by atoms with Gasteiger partial charge in [0.25, 0.3) is 0 Å². The first-order valence-corrected chi connectivity index (χ1v) is 7.85. The third kappa shape index (κ3) is 3.67. The van der Waals surface area contributed by atoms with Crippen LogP contribution in [0.15, 0.2) is 24.3 Å². The van der Waals surface area contributed by atoms with Gasteiger partial charge in [-0.25, -0.2) is 17.7 Å². The molecule has 0 amide bonds. The van der Waals surface area contributed by atoms with Crippen LogP contribution in [0.2, 0.25) is 0 Å². The van der Waals surface area contributed by atoms with Gasteiger partial charge in [0.2, 0.25) is 0 Å². The summed E-state index contributed by atoms with van der Waals surface area (Å²) in [4.78, 5) is 0. The van der Waals surface area contributed by atoms with E-state index in [4.69, 9.17) is 0 Å². The molecule has 0 saturated heterocycles. The van der Waals surface area contributed by atoms with Crippen molar-refractivity contribution in [2.45, 2.75) is 50.6 Å². The Morgan fingerprint density at radius 3 is 2.14 bits per heavy atom. The summed E-state index contributed by atoms with van der Waals surface area (Å²) in [6.07, 6.45) is 0. The fourth-order valence-electron chi connectivity index (χ4n) is 1.81. The second kappa shape index (κ2) is 6.10. The van der Waals surface area contributed by atoms with Gasteiger partial charge in [-0.3, -0.25) is 0 Å². The highest BCUT2D eigenvalue weighted by Crippen LogP contribution is 2.38. The van der Waals surface area contributed by atoms with Gasteiger partial charge in [0.05, 0.1) is 27.9 Å². The van der Waals surface area contributed by atoms with Crippen molar-refractivity contribution in [3.63, 3.8) is 0 Å². The van der Waals surface area contributed by atoms with Crippen LogP contribution in [0.3, 0.4) is 0 Å². The van der Waals surface area contributed by atoms with Crippen molar-refractivity contribution in [3.8, 4) is 0 Å². The largest absolute Gasteiger partial charge is 0.393 e. The maximum atomic E-state index is 14.9. The lowest BCUT2D eigenvalue weighted by molar-refractivity contribution is 0.00988. The van der Waals surface area contributed by atoms with E-state index in [9.17, 15) is 18.1 Å². The molecule has 0 heterocycles. The van der Waals surface area contributed by atoms with Gasteiger partial charge >= 0.3 is 0 Å². The van der Waals surface area contributed by atoms with Gasteiger partial charge < -0.3 is 5.11 Å². The molecule has 2 N–H and O–H groups in total. The minimum Gasteiger partial charge on any atom is -0.393 e. The quantitative estimate of drug-likeness (QED) is 0.877. The molecule has 0 radical (unpaired) electrons. The average Bonchev–Trinajstić information content (AvgIpc) is 2.37. The van der Waals surface area contributed by atoms with Gasteiger partial charge in [0.15, 0.2) is 5.67 Å². The zero-order chi connectivity index (χ0) is 16.5. The van der Waals surface area contributed by atoms with Crippen LogP contribution >= 0.6 is 0 Å². The van der Waals surface area contributed by atoms with Crippen molar-refractivity contribution in [2.24, 2.45) is 0 Å². The summed E-state index contributed by atoms with van der Waals surface area (Å²) in [5.41, 5.74) is -3.80. The number of aliphatic hydroxyl groups excluding tert-OH is 1. The van der Waals surface area contributed by atoms with Gasteiger partial charge in [-0.15, -0.1) is 0 Å². The molecule has 0 saturated carbocycles. The van der Waals surface area contributed by atoms with Crippen LogP contribution in [0, 0.1) is 5.82 Å². The zero-order valence-corrected chi connectivity index (χ0v) is 13.9. The minimum absolute atomic E-state index is 0.0293. The number of aliphatic hydroxyl groups is 1. The zero-order valence-electron chi connectivity index (χ0n) is 13.0. The van der Waals surface area contributed by atoms with E-state index in [0.717, 1.165) is 6.92 Å². The van der Waals surface area contributed by atoms with Crippen LogP contribution in [-0.2, 0) is 16.5 Å². The first kappa shape index (κ1) is 18.2. The molecule has 6 heteroatoms. The van der Waals surface area contributed by atoms with E-state index in [1.165, 1.54) is 25.1 Å². The van der Waals surface area contributed by atoms with E-state index in [2.05, 4.69) is 4.72 Å². The molecule has 3 unspecified atom stereocenters. The SMILES string of the molecule is CC(C)(C)S(=O)NC(C)(c1ccccc1F)C(C)(F)CO. The molecule has 1 aromatic carbocycles. The van der Waals surface area contributed by atoms with Crippen molar-refractivity contribution in [1.82, 2.24) is 4.72 Å². The molecule has 0 aliphatic rings. The lowest BCUT2D eigenvalue weighted by atomic mass is 9.79. The molecule has 0 aliphatic carbocycles. The maximum Gasteiger partial charge on any atom is 0.153 e. The Morgan fingerprint density at radius 1 is 1.19 bits per heavy atom. The first-order chi connectivity index (χ1) is 9.45. The molecule has 1 rings (SSSR count). The molecule has 0 aromatic heterocycles. The van der Waals surface area contributed by atoms with Crippen molar-refractivity contribution >= 4 is 11.0 Å². The summed E-state index contributed by atoms with van der Waals surface area (Å²) in [6, 6.07) is 5.71. The smallest absolute Gasteiger partial charge is 0.153 e. The molecule has 0 fully saturated rings. The number of rotatable bonds is 5. The number of halogens is 2. The topological polar surface area (TPSA) is 49.3 Å². The predicted octanol–water partition coefficient (Wildman–Crippen LogP) is 2.81. The normalized spacial score (nSPS) is 19.6. The monoisotopic (exact) mass is 319 g/mol. The van der Waals surface area contributed by atoms with Gasteiger partial charge in [-0.05, 0) is 40.7 Å². The van der Waals surface area contributed by atoms with Crippen molar-refractivity contribution in [2.75, 3.05) is 6.61 Å². The summed E-state index contributed by atoms with van der Waals surface area (Å²) < 4.78 is 43.4. The molecule has 3 atom stereocenters. The lowest BCUT2D eigenvalue weighted by Gasteiger charge is -2.42. The second-order valence-corrected chi connectivity index (χ2v) is 8.41. The molecular weight excluding hydrogens is 296 g/mol. The number of nitrogens with one attached hydrogen (secondary N) is 1. The molecule has 21 heavy (non-hydrogen) atoms. The summed E-state index contributed by atoms with van der Waals surface area (Å²) >= 11 is 0. The van der Waals surface area contributed by atoms with Crippen LogP contribution in [0.1, 0.15) is 40.2 Å². The highest BCUT2D eigenvalue weighted by molar-refractivity contribution is 7.84. The molecule has 0 aliphatic heterocycles. The Hall–Kier alpha value is -0.850. The van der Waals surface area contributed by atoms with E-state index >= 15 is 0 Å². The molecule has 1 aromatic rings. The highest BCUT2D eigenvalue weighted by Gasteiger charge is 2.49. The van der Waals surface area contributed by atoms with E-state index < -0.39 is 39.4 Å². The molecular formula is C15H23F2NO2S. The Bertz CT molecular complexity index is 529. The minimum atomic E-state index is -2.20. The molecule has 120 valence electrons. The maximum absolute atomic E-state index is 14.9. The Kier molecular flexibility index (Phi) is 5.29. The van der Waals surface area contributed by atoms with Crippen molar-refractivity contribution in [3.05, 3.63) is 35.6 Å². The number of benzene rings is 1. The Labute approximate surface area is 127 Å². The fourth-order valence-corrected chi connectivity index (χ4v) is 2.81. The summed E-state index contributed by atoms with van der Waals surface area (Å²) in [5, 5.41) is 9.36. The first-order valence-electron chi connectivity index (χ1n) is 6.70. The average molecular weight is 319 g/mol. The van der Waals surface area contributed by atoms with Crippen LogP contribution in [-0.4, -0.2) is 26.3 Å². The van der Waals surface area contributed by atoms with Gasteiger partial charge in [-0.1, -0.05) is 18.2 Å². The number of hydrogen-bond donors (Lipinski definition) is 2. The van der Waals surface area contributed by atoms with Crippen molar-refractivity contribution in [1.29, 1.82) is 0 Å². The highest BCUT2D eigenvalue weighted by atomic mass is 32.2. The van der Waals surface area contributed by atoms with Gasteiger partial charge in [-0.2, -0.15) is 0 Å². The molecule has 0 spiro atoms. The molecule has 3 nitrogen and oxygen atoms in total. The van der Waals surface area contributed by atoms with Gasteiger partial charge in [0, 0.05) is 5.56 Å². The van der Waals surface area contributed by atoms with Crippen LogP contribution in [0.25, 0.3) is 0 Å². The molecule has 0 bridgehead atoms. The lowest BCUT2D eigenvalue weighted by Crippen LogP contribution is -2.59. The Balaban J connectivity index is 3.39. The van der Waals surface area contributed by atoms with Crippen molar-refractivity contribution < 1.29 is 18.1 Å².